The van der Waals surface area contributed by atoms with Crippen LogP contribution >= 0.6 is 0 Å². The maximum atomic E-state index is 13.1. The topological polar surface area (TPSA) is 43.9 Å². The van der Waals surface area contributed by atoms with Gasteiger partial charge < -0.3 is 9.80 Å². The molecule has 0 radical (unpaired) electrons. The fraction of sp³-hybridized carbons (Fsp3) is 0.391. The Balaban J connectivity index is 1.34. The number of hydrogen-bond donors (Lipinski definition) is 0. The average Bonchev–Trinajstić information content (AvgIpc) is 3.10. The molecule has 0 aliphatic carbocycles. The minimum absolute atomic E-state index is 0.0879. The Hall–Kier alpha value is -2.66. The van der Waals surface area contributed by atoms with Crippen LogP contribution in [0.1, 0.15) is 24.0 Å². The van der Waals surface area contributed by atoms with E-state index in [0.717, 1.165) is 38.3 Å². The molecule has 2 aliphatic rings. The molecule has 0 spiro atoms. The minimum atomic E-state index is -0.312. The third kappa shape index (κ3) is 4.25. The lowest BCUT2D eigenvalue weighted by Gasteiger charge is -2.37. The van der Waals surface area contributed by atoms with Crippen LogP contribution in [0.4, 0.5) is 0 Å². The van der Waals surface area contributed by atoms with Crippen LogP contribution in [-0.4, -0.2) is 58.7 Å². The molecular weight excluding hydrogens is 350 g/mol. The fourth-order valence-corrected chi connectivity index (χ4v) is 4.15. The van der Waals surface area contributed by atoms with Crippen LogP contribution in [0, 0.1) is 0 Å². The number of nitrogens with zero attached hydrogens (tertiary/aromatic N) is 3. The predicted octanol–water partition coefficient (Wildman–Crippen LogP) is 2.52. The zero-order valence-corrected chi connectivity index (χ0v) is 16.2. The summed E-state index contributed by atoms with van der Waals surface area (Å²) >= 11 is 0. The summed E-state index contributed by atoms with van der Waals surface area (Å²) in [5.41, 5.74) is 2.38. The Morgan fingerprint density at radius 1 is 0.821 bits per heavy atom. The first-order valence-corrected chi connectivity index (χ1v) is 10.1. The van der Waals surface area contributed by atoms with Gasteiger partial charge in [-0.2, -0.15) is 0 Å². The molecule has 2 fully saturated rings. The summed E-state index contributed by atoms with van der Waals surface area (Å²) < 4.78 is 0. The first kappa shape index (κ1) is 18.7. The van der Waals surface area contributed by atoms with Crippen molar-refractivity contribution in [3.8, 4) is 0 Å². The first-order valence-electron chi connectivity index (χ1n) is 10.1. The molecule has 5 nitrogen and oxygen atoms in total. The van der Waals surface area contributed by atoms with Crippen molar-refractivity contribution in [3.05, 3.63) is 71.8 Å². The Morgan fingerprint density at radius 3 is 2.00 bits per heavy atom. The monoisotopic (exact) mass is 377 g/mol. The molecular formula is C23H27N3O2. The minimum Gasteiger partial charge on any atom is -0.338 e. The summed E-state index contributed by atoms with van der Waals surface area (Å²) in [4.78, 5) is 31.6. The van der Waals surface area contributed by atoms with E-state index in [1.807, 2.05) is 41.3 Å². The molecule has 0 N–H and O–H groups in total. The van der Waals surface area contributed by atoms with Crippen molar-refractivity contribution in [2.45, 2.75) is 32.0 Å². The highest BCUT2D eigenvalue weighted by Crippen LogP contribution is 2.24. The number of likely N-dealkylation sites (tertiary alicyclic amines) is 1. The fourth-order valence-electron chi connectivity index (χ4n) is 4.15. The SMILES string of the molecule is O=C(C1CCC(=O)N1Cc1ccccc1)N1CCN(Cc2ccccc2)CC1. The van der Waals surface area contributed by atoms with Crippen molar-refractivity contribution in [2.75, 3.05) is 26.2 Å². The smallest absolute Gasteiger partial charge is 0.245 e. The van der Waals surface area contributed by atoms with E-state index < -0.39 is 0 Å². The number of carbonyl (C=O) groups is 2. The van der Waals surface area contributed by atoms with Crippen molar-refractivity contribution >= 4 is 11.8 Å². The van der Waals surface area contributed by atoms with Gasteiger partial charge in [-0.25, -0.2) is 0 Å². The Bertz CT molecular complexity index is 801. The standard InChI is InChI=1S/C23H27N3O2/c27-22-12-11-21(26(22)18-20-9-5-2-6-10-20)23(28)25-15-13-24(14-16-25)17-19-7-3-1-4-8-19/h1-10,21H,11-18H2. The summed E-state index contributed by atoms with van der Waals surface area (Å²) in [5.74, 6) is 0.200. The molecule has 2 aromatic carbocycles. The van der Waals surface area contributed by atoms with Gasteiger partial charge in [0, 0.05) is 45.7 Å². The molecule has 146 valence electrons. The molecule has 2 amide bonds. The zero-order chi connectivity index (χ0) is 19.3. The van der Waals surface area contributed by atoms with Crippen LogP contribution in [0.3, 0.4) is 0 Å². The predicted molar refractivity (Wildman–Crippen MR) is 108 cm³/mol. The summed E-state index contributed by atoms with van der Waals surface area (Å²) in [7, 11) is 0. The number of carbonyl (C=O) groups excluding carboxylic acids is 2. The quantitative estimate of drug-likeness (QED) is 0.804. The maximum Gasteiger partial charge on any atom is 0.245 e. The molecule has 0 aromatic heterocycles. The third-order valence-corrected chi connectivity index (χ3v) is 5.74. The number of piperazine rings is 1. The van der Waals surface area contributed by atoms with Gasteiger partial charge in [-0.05, 0) is 17.5 Å². The highest BCUT2D eigenvalue weighted by molar-refractivity contribution is 5.91. The molecule has 2 heterocycles. The van der Waals surface area contributed by atoms with E-state index in [1.165, 1.54) is 5.56 Å². The van der Waals surface area contributed by atoms with Crippen molar-refractivity contribution < 1.29 is 9.59 Å². The van der Waals surface area contributed by atoms with Crippen molar-refractivity contribution in [2.24, 2.45) is 0 Å². The number of rotatable bonds is 5. The summed E-state index contributed by atoms with van der Waals surface area (Å²) in [6.07, 6.45) is 1.10. The third-order valence-electron chi connectivity index (χ3n) is 5.74. The molecule has 0 bridgehead atoms. The normalized spacial score (nSPS) is 20.6. The highest BCUT2D eigenvalue weighted by atomic mass is 16.2. The molecule has 2 aliphatic heterocycles. The van der Waals surface area contributed by atoms with Crippen LogP contribution in [-0.2, 0) is 22.7 Å². The summed E-state index contributed by atoms with van der Waals surface area (Å²) in [5, 5.41) is 0. The second kappa shape index (κ2) is 8.57. The lowest BCUT2D eigenvalue weighted by Crippen LogP contribution is -2.53. The second-order valence-electron chi connectivity index (χ2n) is 7.65. The van der Waals surface area contributed by atoms with Gasteiger partial charge >= 0.3 is 0 Å². The van der Waals surface area contributed by atoms with Crippen molar-refractivity contribution in [1.82, 2.24) is 14.7 Å². The Labute approximate surface area is 166 Å². The maximum absolute atomic E-state index is 13.1. The molecule has 2 aromatic rings. The van der Waals surface area contributed by atoms with Crippen LogP contribution in [0.25, 0.3) is 0 Å². The largest absolute Gasteiger partial charge is 0.338 e. The Morgan fingerprint density at radius 2 is 1.39 bits per heavy atom. The Kier molecular flexibility index (Phi) is 5.72. The van der Waals surface area contributed by atoms with Crippen LogP contribution in [0.5, 0.6) is 0 Å². The lowest BCUT2D eigenvalue weighted by molar-refractivity contribution is -0.143. The van der Waals surface area contributed by atoms with E-state index in [-0.39, 0.29) is 17.9 Å². The van der Waals surface area contributed by atoms with Gasteiger partial charge in [-0.15, -0.1) is 0 Å². The average molecular weight is 377 g/mol. The van der Waals surface area contributed by atoms with Gasteiger partial charge in [0.25, 0.3) is 0 Å². The molecule has 28 heavy (non-hydrogen) atoms. The molecule has 5 heteroatoms. The first-order chi connectivity index (χ1) is 13.7. The molecule has 2 saturated heterocycles. The van der Waals surface area contributed by atoms with Crippen molar-refractivity contribution in [3.63, 3.8) is 0 Å². The summed E-state index contributed by atoms with van der Waals surface area (Å²) in [6.45, 7) is 4.65. The van der Waals surface area contributed by atoms with E-state index >= 15 is 0 Å². The number of amides is 2. The van der Waals surface area contributed by atoms with Gasteiger partial charge in [0.2, 0.25) is 11.8 Å². The molecule has 1 atom stereocenters. The van der Waals surface area contributed by atoms with Gasteiger partial charge in [0.05, 0.1) is 0 Å². The second-order valence-corrected chi connectivity index (χ2v) is 7.65. The molecule has 0 saturated carbocycles. The van der Waals surface area contributed by atoms with Crippen LogP contribution in [0.15, 0.2) is 60.7 Å². The van der Waals surface area contributed by atoms with Crippen LogP contribution in [0.2, 0.25) is 0 Å². The van der Waals surface area contributed by atoms with Gasteiger partial charge in [0.15, 0.2) is 0 Å². The van der Waals surface area contributed by atoms with Gasteiger partial charge in [0.1, 0.15) is 6.04 Å². The van der Waals surface area contributed by atoms with E-state index in [2.05, 4.69) is 29.2 Å². The van der Waals surface area contributed by atoms with E-state index in [9.17, 15) is 9.59 Å². The zero-order valence-electron chi connectivity index (χ0n) is 16.2. The van der Waals surface area contributed by atoms with E-state index in [4.69, 9.17) is 0 Å². The van der Waals surface area contributed by atoms with Crippen molar-refractivity contribution in [1.29, 1.82) is 0 Å². The molecule has 4 rings (SSSR count). The van der Waals surface area contributed by atoms with E-state index in [1.54, 1.807) is 4.90 Å². The number of benzene rings is 2. The lowest BCUT2D eigenvalue weighted by atomic mass is 10.1. The van der Waals surface area contributed by atoms with Gasteiger partial charge in [-0.3, -0.25) is 14.5 Å². The van der Waals surface area contributed by atoms with Crippen LogP contribution < -0.4 is 0 Å². The molecule has 1 unspecified atom stereocenters. The van der Waals surface area contributed by atoms with E-state index in [0.29, 0.717) is 19.4 Å². The number of hydrogen-bond acceptors (Lipinski definition) is 3. The summed E-state index contributed by atoms with van der Waals surface area (Å²) in [6, 6.07) is 20.1. The highest BCUT2D eigenvalue weighted by Gasteiger charge is 2.38. The van der Waals surface area contributed by atoms with Gasteiger partial charge in [-0.1, -0.05) is 60.7 Å².